The van der Waals surface area contributed by atoms with Gasteiger partial charge in [-0.3, -0.25) is 9.58 Å². The number of alkyl halides is 1. The van der Waals surface area contributed by atoms with E-state index in [9.17, 15) is 0 Å². The molecule has 1 atom stereocenters. The van der Waals surface area contributed by atoms with E-state index in [1.54, 1.807) is 7.11 Å². The quantitative estimate of drug-likeness (QED) is 0.716. The number of nitrogens with zero attached hydrogens (tertiary/aromatic N) is 3. The summed E-state index contributed by atoms with van der Waals surface area (Å²) in [5, 5.41) is 5.21. The molecule has 0 fully saturated rings. The second-order valence-electron chi connectivity index (χ2n) is 4.43. The van der Waals surface area contributed by atoms with Crippen LogP contribution in [-0.4, -0.2) is 46.8 Å². The standard InChI is InChI=1S/C12H21BrClN3O/c1-5-10-12(14)11(17(3)15-10)7-16(2)6-9(13)8-18-4/h9H,5-8H2,1-4H3. The van der Waals surface area contributed by atoms with Gasteiger partial charge in [-0.1, -0.05) is 34.5 Å². The molecule has 0 radical (unpaired) electrons. The van der Waals surface area contributed by atoms with Crippen LogP contribution in [0.1, 0.15) is 18.3 Å². The average molecular weight is 339 g/mol. The van der Waals surface area contributed by atoms with E-state index in [1.165, 1.54) is 0 Å². The third kappa shape index (κ3) is 4.23. The molecule has 0 aliphatic heterocycles. The van der Waals surface area contributed by atoms with Crippen molar-refractivity contribution in [1.82, 2.24) is 14.7 Å². The molecule has 1 aromatic rings. The van der Waals surface area contributed by atoms with E-state index < -0.39 is 0 Å². The molecule has 0 aromatic carbocycles. The van der Waals surface area contributed by atoms with Crippen LogP contribution in [0.2, 0.25) is 5.02 Å². The monoisotopic (exact) mass is 337 g/mol. The maximum atomic E-state index is 6.33. The van der Waals surface area contributed by atoms with Crippen molar-refractivity contribution < 1.29 is 4.74 Å². The molecule has 1 unspecified atom stereocenters. The van der Waals surface area contributed by atoms with Gasteiger partial charge in [0.15, 0.2) is 0 Å². The zero-order valence-corrected chi connectivity index (χ0v) is 13.8. The highest BCUT2D eigenvalue weighted by molar-refractivity contribution is 9.09. The summed E-state index contributed by atoms with van der Waals surface area (Å²) >= 11 is 9.91. The molecule has 0 bridgehead atoms. The predicted octanol–water partition coefficient (Wildman–Crippen LogP) is 2.48. The number of methoxy groups -OCH3 is 1. The van der Waals surface area contributed by atoms with Gasteiger partial charge >= 0.3 is 0 Å². The van der Waals surface area contributed by atoms with Crippen molar-refractivity contribution in [3.63, 3.8) is 0 Å². The van der Waals surface area contributed by atoms with E-state index in [4.69, 9.17) is 16.3 Å². The Labute approximate surface area is 122 Å². The van der Waals surface area contributed by atoms with Crippen LogP contribution in [0.5, 0.6) is 0 Å². The minimum Gasteiger partial charge on any atom is -0.383 e. The topological polar surface area (TPSA) is 30.3 Å². The van der Waals surface area contributed by atoms with Gasteiger partial charge in [0.05, 0.1) is 27.8 Å². The molecule has 104 valence electrons. The maximum absolute atomic E-state index is 6.33. The van der Waals surface area contributed by atoms with Crippen LogP contribution in [0.3, 0.4) is 0 Å². The van der Waals surface area contributed by atoms with E-state index in [-0.39, 0.29) is 0 Å². The highest BCUT2D eigenvalue weighted by Crippen LogP contribution is 2.22. The van der Waals surface area contributed by atoms with Gasteiger partial charge in [-0.25, -0.2) is 0 Å². The first kappa shape index (κ1) is 16.0. The fourth-order valence-electron chi connectivity index (χ4n) is 1.88. The molecule has 0 aliphatic rings. The average Bonchev–Trinajstić information content (AvgIpc) is 2.56. The lowest BCUT2D eigenvalue weighted by Gasteiger charge is -2.20. The Morgan fingerprint density at radius 2 is 2.22 bits per heavy atom. The number of ether oxygens (including phenoxy) is 1. The van der Waals surface area contributed by atoms with E-state index in [0.29, 0.717) is 11.4 Å². The summed E-state index contributed by atoms with van der Waals surface area (Å²) in [5.74, 6) is 0. The summed E-state index contributed by atoms with van der Waals surface area (Å²) in [6, 6.07) is 0. The highest BCUT2D eigenvalue weighted by atomic mass is 79.9. The summed E-state index contributed by atoms with van der Waals surface area (Å²) in [7, 11) is 5.72. The highest BCUT2D eigenvalue weighted by Gasteiger charge is 2.16. The molecule has 1 heterocycles. The van der Waals surface area contributed by atoms with Gasteiger partial charge in [-0.15, -0.1) is 0 Å². The van der Waals surface area contributed by atoms with Crippen molar-refractivity contribution >= 4 is 27.5 Å². The fourth-order valence-corrected chi connectivity index (χ4v) is 3.00. The minimum atomic E-state index is 0.324. The Bertz CT molecular complexity index is 384. The first-order valence-corrected chi connectivity index (χ1v) is 7.30. The predicted molar refractivity (Wildman–Crippen MR) is 78.5 cm³/mol. The fraction of sp³-hybridized carbons (Fsp3) is 0.750. The smallest absolute Gasteiger partial charge is 0.0863 e. The second kappa shape index (κ2) is 7.48. The minimum absolute atomic E-state index is 0.324. The molecule has 4 nitrogen and oxygen atoms in total. The van der Waals surface area contributed by atoms with Crippen molar-refractivity contribution in [2.45, 2.75) is 24.7 Å². The van der Waals surface area contributed by atoms with Gasteiger partial charge < -0.3 is 4.74 Å². The normalized spacial score (nSPS) is 13.3. The van der Waals surface area contributed by atoms with Crippen LogP contribution in [0.4, 0.5) is 0 Å². The molecule has 0 spiro atoms. The summed E-state index contributed by atoms with van der Waals surface area (Å²) in [6.07, 6.45) is 0.862. The molecular formula is C12H21BrClN3O. The Kier molecular flexibility index (Phi) is 6.63. The third-order valence-electron chi connectivity index (χ3n) is 2.78. The number of hydrogen-bond acceptors (Lipinski definition) is 3. The van der Waals surface area contributed by atoms with E-state index in [1.807, 2.05) is 11.7 Å². The molecular weight excluding hydrogens is 318 g/mol. The van der Waals surface area contributed by atoms with Crippen molar-refractivity contribution in [2.24, 2.45) is 7.05 Å². The zero-order chi connectivity index (χ0) is 13.7. The maximum Gasteiger partial charge on any atom is 0.0863 e. The summed E-state index contributed by atoms with van der Waals surface area (Å²) in [4.78, 5) is 2.53. The van der Waals surface area contributed by atoms with Crippen LogP contribution in [0.15, 0.2) is 0 Å². The lowest BCUT2D eigenvalue weighted by Crippen LogP contribution is -2.28. The molecule has 1 aromatic heterocycles. The largest absolute Gasteiger partial charge is 0.383 e. The van der Waals surface area contributed by atoms with Gasteiger partial charge in [0, 0.05) is 27.2 Å². The van der Waals surface area contributed by atoms with Crippen LogP contribution >= 0.6 is 27.5 Å². The lowest BCUT2D eigenvalue weighted by atomic mass is 10.3. The van der Waals surface area contributed by atoms with Gasteiger partial charge in [-0.05, 0) is 13.5 Å². The van der Waals surface area contributed by atoms with Gasteiger partial charge in [0.25, 0.3) is 0 Å². The Morgan fingerprint density at radius 1 is 1.56 bits per heavy atom. The molecule has 1 rings (SSSR count). The van der Waals surface area contributed by atoms with E-state index in [2.05, 4.69) is 39.9 Å². The summed E-state index contributed by atoms with van der Waals surface area (Å²) in [6.45, 7) is 4.45. The SMILES string of the molecule is CCc1nn(C)c(CN(C)CC(Br)COC)c1Cl. The Morgan fingerprint density at radius 3 is 2.72 bits per heavy atom. The van der Waals surface area contributed by atoms with Crippen molar-refractivity contribution in [1.29, 1.82) is 0 Å². The summed E-state index contributed by atoms with van der Waals surface area (Å²) in [5.41, 5.74) is 2.03. The molecule has 6 heteroatoms. The van der Waals surface area contributed by atoms with Gasteiger partial charge in [0.1, 0.15) is 0 Å². The van der Waals surface area contributed by atoms with E-state index in [0.717, 1.165) is 35.9 Å². The van der Waals surface area contributed by atoms with Crippen molar-refractivity contribution in [2.75, 3.05) is 27.3 Å². The zero-order valence-electron chi connectivity index (χ0n) is 11.4. The number of aryl methyl sites for hydroxylation is 2. The van der Waals surface area contributed by atoms with Crippen LogP contribution in [-0.2, 0) is 24.8 Å². The summed E-state index contributed by atoms with van der Waals surface area (Å²) < 4.78 is 6.98. The second-order valence-corrected chi connectivity index (χ2v) is 6.11. The number of aromatic nitrogens is 2. The molecule has 0 N–H and O–H groups in total. The number of halogens is 2. The lowest BCUT2D eigenvalue weighted by molar-refractivity contribution is 0.184. The van der Waals surface area contributed by atoms with Gasteiger partial charge in [-0.2, -0.15) is 5.10 Å². The Hall–Kier alpha value is -0.100. The molecule has 18 heavy (non-hydrogen) atoms. The Balaban J connectivity index is 2.64. The molecule has 0 amide bonds. The van der Waals surface area contributed by atoms with Crippen molar-refractivity contribution in [3.05, 3.63) is 16.4 Å². The van der Waals surface area contributed by atoms with Crippen LogP contribution in [0.25, 0.3) is 0 Å². The first-order chi connectivity index (χ1) is 8.49. The van der Waals surface area contributed by atoms with E-state index >= 15 is 0 Å². The molecule has 0 saturated carbocycles. The number of hydrogen-bond donors (Lipinski definition) is 0. The van der Waals surface area contributed by atoms with Crippen LogP contribution < -0.4 is 0 Å². The third-order valence-corrected chi connectivity index (χ3v) is 3.77. The van der Waals surface area contributed by atoms with Crippen molar-refractivity contribution in [3.8, 4) is 0 Å². The first-order valence-electron chi connectivity index (χ1n) is 6.01. The molecule has 0 aliphatic carbocycles. The van der Waals surface area contributed by atoms with Gasteiger partial charge in [0.2, 0.25) is 0 Å². The number of rotatable bonds is 7. The van der Waals surface area contributed by atoms with Crippen LogP contribution in [0, 0.1) is 0 Å². The molecule has 0 saturated heterocycles.